The molecule has 0 spiro atoms. The molecular formula is C14H24N2O2. The molecule has 0 fully saturated rings. The van der Waals surface area contributed by atoms with E-state index in [4.69, 9.17) is 15.2 Å². The number of pyridine rings is 1. The van der Waals surface area contributed by atoms with Crippen molar-refractivity contribution in [1.82, 2.24) is 4.98 Å². The monoisotopic (exact) mass is 252 g/mol. The van der Waals surface area contributed by atoms with E-state index in [9.17, 15) is 0 Å². The van der Waals surface area contributed by atoms with E-state index in [1.54, 1.807) is 19.5 Å². The highest BCUT2D eigenvalue weighted by molar-refractivity contribution is 5.25. The number of nitrogens with two attached hydrogens (primary N) is 1. The first-order valence-corrected chi connectivity index (χ1v) is 6.53. The molecule has 0 aliphatic carbocycles. The maximum Gasteiger partial charge on any atom is 0.137 e. The van der Waals surface area contributed by atoms with Crippen molar-refractivity contribution >= 4 is 0 Å². The lowest BCUT2D eigenvalue weighted by Crippen LogP contribution is -2.14. The summed E-state index contributed by atoms with van der Waals surface area (Å²) in [6, 6.07) is 1.96. The Morgan fingerprint density at radius 1 is 1.33 bits per heavy atom. The Balaban J connectivity index is 2.53. The molecule has 1 aromatic heterocycles. The number of methoxy groups -OCH3 is 1. The zero-order valence-electron chi connectivity index (χ0n) is 11.6. The van der Waals surface area contributed by atoms with Gasteiger partial charge < -0.3 is 15.2 Å². The van der Waals surface area contributed by atoms with Crippen LogP contribution in [0, 0.1) is 0 Å². The summed E-state index contributed by atoms with van der Waals surface area (Å²) in [5, 5.41) is 0. The molecule has 4 heteroatoms. The van der Waals surface area contributed by atoms with E-state index in [1.807, 2.05) is 13.0 Å². The van der Waals surface area contributed by atoms with Crippen LogP contribution in [0.5, 0.6) is 5.75 Å². The second kappa shape index (κ2) is 8.06. The lowest BCUT2D eigenvalue weighted by molar-refractivity contribution is 0.107. The normalized spacial score (nSPS) is 14.2. The topological polar surface area (TPSA) is 57.4 Å². The molecule has 102 valence electrons. The molecule has 2 N–H and O–H groups in total. The number of ether oxygens (including phenoxy) is 2. The lowest BCUT2D eigenvalue weighted by Gasteiger charge is -2.15. The predicted molar refractivity (Wildman–Crippen MR) is 72.7 cm³/mol. The summed E-state index contributed by atoms with van der Waals surface area (Å²) in [4.78, 5) is 4.17. The van der Waals surface area contributed by atoms with E-state index in [2.05, 4.69) is 11.9 Å². The highest BCUT2D eigenvalue weighted by atomic mass is 16.5. The van der Waals surface area contributed by atoms with E-state index in [-0.39, 0.29) is 12.1 Å². The molecule has 1 heterocycles. The van der Waals surface area contributed by atoms with E-state index < -0.39 is 0 Å². The molecule has 1 rings (SSSR count). The number of aromatic nitrogens is 1. The standard InChI is InChI=1S/C14H24N2O2/c1-4-7-18-13-8-12(9-16-10-13)14(15)6-5-11(2)17-3/h8-11,14H,4-7,15H2,1-3H3. The van der Waals surface area contributed by atoms with Crippen molar-refractivity contribution in [2.24, 2.45) is 5.73 Å². The molecule has 0 bridgehead atoms. The third kappa shape index (κ3) is 5.02. The summed E-state index contributed by atoms with van der Waals surface area (Å²) in [5.74, 6) is 0.796. The van der Waals surface area contributed by atoms with Gasteiger partial charge >= 0.3 is 0 Å². The van der Waals surface area contributed by atoms with E-state index in [0.29, 0.717) is 6.61 Å². The fraction of sp³-hybridized carbons (Fsp3) is 0.643. The van der Waals surface area contributed by atoms with Crippen LogP contribution in [0.1, 0.15) is 44.7 Å². The molecule has 0 aliphatic heterocycles. The summed E-state index contributed by atoms with van der Waals surface area (Å²) in [7, 11) is 1.72. The summed E-state index contributed by atoms with van der Waals surface area (Å²) in [6.45, 7) is 4.84. The van der Waals surface area contributed by atoms with Gasteiger partial charge in [-0.25, -0.2) is 0 Å². The smallest absolute Gasteiger partial charge is 0.137 e. The summed E-state index contributed by atoms with van der Waals surface area (Å²) < 4.78 is 10.8. The van der Waals surface area contributed by atoms with Crippen molar-refractivity contribution in [2.45, 2.75) is 45.3 Å². The highest BCUT2D eigenvalue weighted by Crippen LogP contribution is 2.20. The average molecular weight is 252 g/mol. The number of rotatable bonds is 8. The Labute approximate surface area is 110 Å². The number of hydrogen-bond acceptors (Lipinski definition) is 4. The van der Waals surface area contributed by atoms with Gasteiger partial charge in [-0.2, -0.15) is 0 Å². The summed E-state index contributed by atoms with van der Waals surface area (Å²) >= 11 is 0. The predicted octanol–water partition coefficient (Wildman–Crippen LogP) is 2.69. The quantitative estimate of drug-likeness (QED) is 0.773. The molecular weight excluding hydrogens is 228 g/mol. The van der Waals surface area contributed by atoms with Gasteiger partial charge in [0.1, 0.15) is 5.75 Å². The van der Waals surface area contributed by atoms with Crippen LogP contribution in [0.4, 0.5) is 0 Å². The first-order chi connectivity index (χ1) is 8.67. The third-order valence-electron chi connectivity index (χ3n) is 2.92. The van der Waals surface area contributed by atoms with Crippen LogP contribution in [-0.4, -0.2) is 24.8 Å². The van der Waals surface area contributed by atoms with Crippen LogP contribution >= 0.6 is 0 Å². The molecule has 2 atom stereocenters. The van der Waals surface area contributed by atoms with Crippen LogP contribution < -0.4 is 10.5 Å². The first kappa shape index (κ1) is 14.9. The van der Waals surface area contributed by atoms with Crippen molar-refractivity contribution in [3.63, 3.8) is 0 Å². The first-order valence-electron chi connectivity index (χ1n) is 6.53. The van der Waals surface area contributed by atoms with Gasteiger partial charge in [0.2, 0.25) is 0 Å². The van der Waals surface area contributed by atoms with Gasteiger partial charge in [0.15, 0.2) is 0 Å². The minimum absolute atomic E-state index is 0.0136. The van der Waals surface area contributed by atoms with E-state index >= 15 is 0 Å². The van der Waals surface area contributed by atoms with E-state index in [1.165, 1.54) is 0 Å². The molecule has 18 heavy (non-hydrogen) atoms. The van der Waals surface area contributed by atoms with Gasteiger partial charge in [-0.3, -0.25) is 4.98 Å². The third-order valence-corrected chi connectivity index (χ3v) is 2.92. The van der Waals surface area contributed by atoms with Gasteiger partial charge in [-0.1, -0.05) is 6.92 Å². The fourth-order valence-corrected chi connectivity index (χ4v) is 1.64. The average Bonchev–Trinajstić information content (AvgIpc) is 2.42. The van der Waals surface area contributed by atoms with E-state index in [0.717, 1.165) is 30.6 Å². The Kier molecular flexibility index (Phi) is 6.68. The Morgan fingerprint density at radius 2 is 2.11 bits per heavy atom. The molecule has 0 saturated heterocycles. The van der Waals surface area contributed by atoms with Crippen molar-refractivity contribution in [3.8, 4) is 5.75 Å². The van der Waals surface area contributed by atoms with Gasteiger partial charge in [-0.05, 0) is 37.8 Å². The maximum atomic E-state index is 6.14. The van der Waals surface area contributed by atoms with Crippen molar-refractivity contribution in [3.05, 3.63) is 24.0 Å². The van der Waals surface area contributed by atoms with Crippen LogP contribution in [0.2, 0.25) is 0 Å². The second-order valence-electron chi connectivity index (χ2n) is 4.53. The van der Waals surface area contributed by atoms with Crippen molar-refractivity contribution < 1.29 is 9.47 Å². The molecule has 0 aromatic carbocycles. The summed E-state index contributed by atoms with van der Waals surface area (Å²) in [6.07, 6.45) is 6.58. The number of hydrogen-bond donors (Lipinski definition) is 1. The van der Waals surface area contributed by atoms with Crippen LogP contribution in [0.25, 0.3) is 0 Å². The molecule has 4 nitrogen and oxygen atoms in total. The van der Waals surface area contributed by atoms with Crippen molar-refractivity contribution in [2.75, 3.05) is 13.7 Å². The van der Waals surface area contributed by atoms with Crippen LogP contribution in [-0.2, 0) is 4.74 Å². The van der Waals surface area contributed by atoms with Crippen LogP contribution in [0.3, 0.4) is 0 Å². The minimum Gasteiger partial charge on any atom is -0.492 e. The molecule has 2 unspecified atom stereocenters. The largest absolute Gasteiger partial charge is 0.492 e. The molecule has 0 amide bonds. The lowest BCUT2D eigenvalue weighted by atomic mass is 10.0. The summed E-state index contributed by atoms with van der Waals surface area (Å²) in [5.41, 5.74) is 7.16. The minimum atomic E-state index is -0.0136. The van der Waals surface area contributed by atoms with Gasteiger partial charge in [0.05, 0.1) is 18.9 Å². The van der Waals surface area contributed by atoms with Gasteiger partial charge in [0, 0.05) is 19.3 Å². The molecule has 0 aliphatic rings. The zero-order valence-corrected chi connectivity index (χ0v) is 11.6. The second-order valence-corrected chi connectivity index (χ2v) is 4.53. The highest BCUT2D eigenvalue weighted by Gasteiger charge is 2.10. The Hall–Kier alpha value is -1.13. The van der Waals surface area contributed by atoms with Crippen LogP contribution in [0.15, 0.2) is 18.5 Å². The van der Waals surface area contributed by atoms with Gasteiger partial charge in [0.25, 0.3) is 0 Å². The molecule has 0 radical (unpaired) electrons. The van der Waals surface area contributed by atoms with Gasteiger partial charge in [-0.15, -0.1) is 0 Å². The molecule has 0 saturated carbocycles. The maximum absolute atomic E-state index is 6.14. The fourth-order valence-electron chi connectivity index (χ4n) is 1.64. The number of nitrogens with zero attached hydrogens (tertiary/aromatic N) is 1. The molecule has 1 aromatic rings. The Morgan fingerprint density at radius 3 is 2.78 bits per heavy atom. The zero-order chi connectivity index (χ0) is 13.4. The Bertz CT molecular complexity index is 344. The van der Waals surface area contributed by atoms with Crippen molar-refractivity contribution in [1.29, 1.82) is 0 Å². The SMILES string of the molecule is CCCOc1cncc(C(N)CCC(C)OC)c1.